The van der Waals surface area contributed by atoms with Gasteiger partial charge in [-0.3, -0.25) is 19.3 Å². The maximum atomic E-state index is 12.7. The first-order valence-electron chi connectivity index (χ1n) is 9.40. The van der Waals surface area contributed by atoms with Gasteiger partial charge in [0.15, 0.2) is 0 Å². The number of thioether (sulfide) groups is 1. The molecule has 2 fully saturated rings. The van der Waals surface area contributed by atoms with Gasteiger partial charge in [-0.25, -0.2) is 0 Å². The van der Waals surface area contributed by atoms with Crippen LogP contribution in [0.15, 0.2) is 46.4 Å². The molecule has 0 atom stereocenters. The van der Waals surface area contributed by atoms with Crippen molar-refractivity contribution >= 4 is 61.7 Å². The Morgan fingerprint density at radius 1 is 1.24 bits per heavy atom. The molecule has 1 aromatic carbocycles. The summed E-state index contributed by atoms with van der Waals surface area (Å²) in [6, 6.07) is 5.85. The monoisotopic (exact) mass is 473 g/mol. The molecule has 29 heavy (non-hydrogen) atoms. The van der Waals surface area contributed by atoms with Crippen LogP contribution in [0.5, 0.6) is 0 Å². The van der Waals surface area contributed by atoms with Crippen molar-refractivity contribution in [1.29, 1.82) is 0 Å². The van der Waals surface area contributed by atoms with Crippen molar-refractivity contribution in [2.24, 2.45) is 0 Å². The number of amides is 3. The lowest BCUT2D eigenvalue weighted by Crippen LogP contribution is -2.30. The summed E-state index contributed by atoms with van der Waals surface area (Å²) in [7, 11) is 0. The van der Waals surface area contributed by atoms with E-state index in [-0.39, 0.29) is 30.1 Å². The summed E-state index contributed by atoms with van der Waals surface area (Å²) in [4.78, 5) is 40.8. The number of nitrogens with zero attached hydrogens (tertiary/aromatic N) is 3. The number of halogens is 1. The third kappa shape index (κ3) is 3.91. The molecular formula is C21H20BrN3O3S. The lowest BCUT2D eigenvalue weighted by atomic mass is 10.1. The van der Waals surface area contributed by atoms with Crippen LogP contribution in [0.1, 0.15) is 18.4 Å². The molecule has 6 nitrogen and oxygen atoms in total. The number of likely N-dealkylation sites (tertiary alicyclic amines) is 1. The SMILES string of the molecule is C=CCN1C(=O)S/C(=C\c2cn(CC(=O)N3CCCC3)c3ccc(Br)cc23)C1=O. The summed E-state index contributed by atoms with van der Waals surface area (Å²) in [5, 5.41) is 0.624. The van der Waals surface area contributed by atoms with Crippen LogP contribution < -0.4 is 0 Å². The Morgan fingerprint density at radius 2 is 2.00 bits per heavy atom. The first kappa shape index (κ1) is 20.0. The Labute approximate surface area is 181 Å². The summed E-state index contributed by atoms with van der Waals surface area (Å²) >= 11 is 4.42. The Hall–Kier alpha value is -2.32. The van der Waals surface area contributed by atoms with Gasteiger partial charge in [-0.05, 0) is 48.9 Å². The fourth-order valence-corrected chi connectivity index (χ4v) is 4.88. The first-order chi connectivity index (χ1) is 14.0. The fraction of sp³-hybridized carbons (Fsp3) is 0.286. The van der Waals surface area contributed by atoms with Crippen LogP contribution in [-0.4, -0.2) is 51.1 Å². The lowest BCUT2D eigenvalue weighted by molar-refractivity contribution is -0.130. The van der Waals surface area contributed by atoms with Gasteiger partial charge < -0.3 is 9.47 Å². The molecule has 8 heteroatoms. The number of imide groups is 1. The highest BCUT2D eigenvalue weighted by Crippen LogP contribution is 2.34. The molecule has 1 aromatic heterocycles. The van der Waals surface area contributed by atoms with Gasteiger partial charge in [0.05, 0.1) is 4.91 Å². The van der Waals surface area contributed by atoms with E-state index in [9.17, 15) is 14.4 Å². The van der Waals surface area contributed by atoms with Crippen LogP contribution in [0.3, 0.4) is 0 Å². The van der Waals surface area contributed by atoms with Crippen LogP contribution in [0, 0.1) is 0 Å². The molecule has 150 valence electrons. The summed E-state index contributed by atoms with van der Waals surface area (Å²) < 4.78 is 2.82. The molecule has 0 radical (unpaired) electrons. The van der Waals surface area contributed by atoms with Gasteiger partial charge >= 0.3 is 0 Å². The van der Waals surface area contributed by atoms with E-state index in [1.165, 1.54) is 11.0 Å². The van der Waals surface area contributed by atoms with Crippen LogP contribution in [0.25, 0.3) is 17.0 Å². The number of carbonyl (C=O) groups is 3. The predicted octanol–water partition coefficient (Wildman–Crippen LogP) is 4.25. The number of aromatic nitrogens is 1. The van der Waals surface area contributed by atoms with Crippen LogP contribution >= 0.6 is 27.7 Å². The normalized spacial score (nSPS) is 18.4. The Kier molecular flexibility index (Phi) is 5.65. The van der Waals surface area contributed by atoms with E-state index in [0.717, 1.165) is 58.6 Å². The molecular weight excluding hydrogens is 454 g/mol. The van der Waals surface area contributed by atoms with Crippen molar-refractivity contribution in [2.75, 3.05) is 19.6 Å². The molecule has 2 aliphatic rings. The van der Waals surface area contributed by atoms with Crippen LogP contribution in [-0.2, 0) is 16.1 Å². The van der Waals surface area contributed by atoms with Gasteiger partial charge in [0.25, 0.3) is 11.1 Å². The summed E-state index contributed by atoms with van der Waals surface area (Å²) in [6.07, 6.45) is 7.26. The number of hydrogen-bond acceptors (Lipinski definition) is 4. The zero-order valence-electron chi connectivity index (χ0n) is 15.8. The van der Waals surface area contributed by atoms with Gasteiger partial charge in [-0.1, -0.05) is 22.0 Å². The molecule has 3 heterocycles. The second-order valence-electron chi connectivity index (χ2n) is 7.04. The van der Waals surface area contributed by atoms with E-state index < -0.39 is 0 Å². The van der Waals surface area contributed by atoms with E-state index in [0.29, 0.717) is 4.91 Å². The zero-order valence-corrected chi connectivity index (χ0v) is 18.2. The average molecular weight is 474 g/mol. The maximum absolute atomic E-state index is 12.7. The standard InChI is InChI=1S/C21H20BrN3O3S/c1-2-7-25-20(27)18(29-21(25)28)10-14-12-24(13-19(26)23-8-3-4-9-23)17-6-5-15(22)11-16(14)17/h2,5-6,10-12H,1,3-4,7-9,13H2/b18-10-. The van der Waals surface area contributed by atoms with Crippen LogP contribution in [0.4, 0.5) is 4.79 Å². The highest BCUT2D eigenvalue weighted by molar-refractivity contribution is 9.10. The van der Waals surface area contributed by atoms with E-state index in [1.54, 1.807) is 6.08 Å². The van der Waals surface area contributed by atoms with E-state index in [4.69, 9.17) is 0 Å². The predicted molar refractivity (Wildman–Crippen MR) is 118 cm³/mol. The van der Waals surface area contributed by atoms with Crippen molar-refractivity contribution in [2.45, 2.75) is 19.4 Å². The van der Waals surface area contributed by atoms with E-state index >= 15 is 0 Å². The number of hydrogen-bond donors (Lipinski definition) is 0. The van der Waals surface area contributed by atoms with E-state index in [1.807, 2.05) is 33.9 Å². The van der Waals surface area contributed by atoms with Gasteiger partial charge in [-0.2, -0.15) is 0 Å². The molecule has 2 saturated heterocycles. The first-order valence-corrected chi connectivity index (χ1v) is 11.0. The minimum absolute atomic E-state index is 0.0974. The van der Waals surface area contributed by atoms with Crippen molar-refractivity contribution in [3.8, 4) is 0 Å². The summed E-state index contributed by atoms with van der Waals surface area (Å²) in [5.74, 6) is -0.218. The topological polar surface area (TPSA) is 62.6 Å². The smallest absolute Gasteiger partial charge is 0.293 e. The molecule has 2 aliphatic heterocycles. The molecule has 0 saturated carbocycles. The summed E-state index contributed by atoms with van der Waals surface area (Å²) in [6.45, 7) is 5.67. The van der Waals surface area contributed by atoms with Crippen molar-refractivity contribution in [3.05, 3.63) is 52.0 Å². The largest absolute Gasteiger partial charge is 0.341 e. The van der Waals surface area contributed by atoms with Gasteiger partial charge in [0, 0.05) is 46.8 Å². The van der Waals surface area contributed by atoms with Gasteiger partial charge in [0.1, 0.15) is 6.54 Å². The van der Waals surface area contributed by atoms with Gasteiger partial charge in [0.2, 0.25) is 5.91 Å². The number of fused-ring (bicyclic) bond motifs is 1. The molecule has 0 spiro atoms. The fourth-order valence-electron chi connectivity index (χ4n) is 3.68. The quantitative estimate of drug-likeness (QED) is 0.480. The highest BCUT2D eigenvalue weighted by Gasteiger charge is 2.34. The second kappa shape index (κ2) is 8.20. The molecule has 4 rings (SSSR count). The third-order valence-electron chi connectivity index (χ3n) is 5.11. The maximum Gasteiger partial charge on any atom is 0.293 e. The highest BCUT2D eigenvalue weighted by atomic mass is 79.9. The summed E-state index contributed by atoms with van der Waals surface area (Å²) in [5.41, 5.74) is 1.72. The second-order valence-corrected chi connectivity index (χ2v) is 8.95. The molecule has 0 unspecified atom stereocenters. The third-order valence-corrected chi connectivity index (χ3v) is 6.51. The minimum Gasteiger partial charge on any atom is -0.341 e. The van der Waals surface area contributed by atoms with Crippen molar-refractivity contribution < 1.29 is 14.4 Å². The van der Waals surface area contributed by atoms with Crippen molar-refractivity contribution in [1.82, 2.24) is 14.4 Å². The molecule has 3 amide bonds. The Balaban J connectivity index is 1.70. The zero-order chi connectivity index (χ0) is 20.5. The Bertz CT molecular complexity index is 1050. The molecule has 0 aliphatic carbocycles. The van der Waals surface area contributed by atoms with Gasteiger partial charge in [-0.15, -0.1) is 6.58 Å². The number of carbonyl (C=O) groups excluding carboxylic acids is 3. The molecule has 0 N–H and O–H groups in total. The number of benzene rings is 1. The molecule has 2 aromatic rings. The van der Waals surface area contributed by atoms with Crippen LogP contribution in [0.2, 0.25) is 0 Å². The molecule has 0 bridgehead atoms. The average Bonchev–Trinajstić information content (AvgIpc) is 3.39. The van der Waals surface area contributed by atoms with E-state index in [2.05, 4.69) is 22.5 Å². The lowest BCUT2D eigenvalue weighted by Gasteiger charge is -2.16. The minimum atomic E-state index is -0.316. The number of rotatable bonds is 5. The Morgan fingerprint density at radius 3 is 2.72 bits per heavy atom. The van der Waals surface area contributed by atoms with Crippen molar-refractivity contribution in [3.63, 3.8) is 0 Å².